The average molecular weight is 229 g/mol. The maximum Gasteiger partial charge on any atom is 0.0934 e. The van der Waals surface area contributed by atoms with Gasteiger partial charge in [0.1, 0.15) is 0 Å². The third-order valence-corrected chi connectivity index (χ3v) is 3.27. The molecule has 1 nitrogen and oxygen atoms in total. The van der Waals surface area contributed by atoms with E-state index in [-0.39, 0.29) is 5.41 Å². The molecule has 0 aliphatic heterocycles. The normalized spacial score (nSPS) is 15.5. The molecule has 0 N–H and O–H groups in total. The molecular weight excluding hydrogens is 216 g/mol. The van der Waals surface area contributed by atoms with Gasteiger partial charge in [0, 0.05) is 5.33 Å². The molecule has 66 valence electrons. The standard InChI is InChI=1S/C10H13BrO/c1-3-10(2,8-11)6-9-4-5-12-7-9/h3-5,7H,1,6,8H2,2H3. The lowest BCUT2D eigenvalue weighted by atomic mass is 9.87. The molecule has 0 bridgehead atoms. The maximum atomic E-state index is 5.00. The number of alkyl halides is 1. The van der Waals surface area contributed by atoms with E-state index in [0.717, 1.165) is 11.8 Å². The van der Waals surface area contributed by atoms with Crippen molar-refractivity contribution in [2.45, 2.75) is 13.3 Å². The summed E-state index contributed by atoms with van der Waals surface area (Å²) in [6.45, 7) is 5.99. The van der Waals surface area contributed by atoms with E-state index in [2.05, 4.69) is 29.4 Å². The minimum atomic E-state index is 0.129. The number of halogens is 1. The first-order valence-electron chi connectivity index (χ1n) is 3.91. The molecule has 0 amide bonds. The third kappa shape index (κ3) is 2.24. The van der Waals surface area contributed by atoms with Crippen LogP contribution in [0.25, 0.3) is 0 Å². The number of furan rings is 1. The van der Waals surface area contributed by atoms with Crippen molar-refractivity contribution in [3.05, 3.63) is 36.8 Å². The van der Waals surface area contributed by atoms with E-state index >= 15 is 0 Å². The molecule has 1 aromatic heterocycles. The first kappa shape index (κ1) is 9.59. The zero-order chi connectivity index (χ0) is 9.03. The third-order valence-electron chi connectivity index (χ3n) is 1.99. The van der Waals surface area contributed by atoms with Gasteiger partial charge in [0.15, 0.2) is 0 Å². The summed E-state index contributed by atoms with van der Waals surface area (Å²) >= 11 is 3.48. The predicted molar refractivity (Wildman–Crippen MR) is 54.5 cm³/mol. The highest BCUT2D eigenvalue weighted by Crippen LogP contribution is 2.26. The molecule has 1 heterocycles. The zero-order valence-corrected chi connectivity index (χ0v) is 8.80. The van der Waals surface area contributed by atoms with Crippen LogP contribution in [0.4, 0.5) is 0 Å². The summed E-state index contributed by atoms with van der Waals surface area (Å²) in [4.78, 5) is 0. The van der Waals surface area contributed by atoms with Crippen molar-refractivity contribution in [1.82, 2.24) is 0 Å². The molecule has 2 heteroatoms. The van der Waals surface area contributed by atoms with Crippen LogP contribution in [0.15, 0.2) is 35.7 Å². The van der Waals surface area contributed by atoms with Crippen LogP contribution in [-0.4, -0.2) is 5.33 Å². The fraction of sp³-hybridized carbons (Fsp3) is 0.400. The molecule has 1 unspecified atom stereocenters. The molecular formula is C10H13BrO. The van der Waals surface area contributed by atoms with Crippen LogP contribution in [0.3, 0.4) is 0 Å². The summed E-state index contributed by atoms with van der Waals surface area (Å²) in [6, 6.07) is 1.99. The fourth-order valence-corrected chi connectivity index (χ4v) is 1.46. The summed E-state index contributed by atoms with van der Waals surface area (Å²) in [5, 5.41) is 0.925. The minimum Gasteiger partial charge on any atom is -0.472 e. The summed E-state index contributed by atoms with van der Waals surface area (Å²) in [5.74, 6) is 0. The van der Waals surface area contributed by atoms with Gasteiger partial charge in [-0.15, -0.1) is 6.58 Å². The molecule has 1 atom stereocenters. The van der Waals surface area contributed by atoms with Gasteiger partial charge in [0.05, 0.1) is 12.5 Å². The Hall–Kier alpha value is -0.500. The molecule has 0 radical (unpaired) electrons. The summed E-state index contributed by atoms with van der Waals surface area (Å²) in [6.07, 6.45) is 6.44. The van der Waals surface area contributed by atoms with Crippen molar-refractivity contribution < 1.29 is 4.42 Å². The lowest BCUT2D eigenvalue weighted by molar-refractivity contribution is 0.486. The van der Waals surface area contributed by atoms with E-state index < -0.39 is 0 Å². The molecule has 0 saturated carbocycles. The van der Waals surface area contributed by atoms with Gasteiger partial charge >= 0.3 is 0 Å². The van der Waals surface area contributed by atoms with Crippen molar-refractivity contribution >= 4 is 15.9 Å². The first-order chi connectivity index (χ1) is 5.70. The Morgan fingerprint density at radius 2 is 2.50 bits per heavy atom. The topological polar surface area (TPSA) is 13.1 Å². The molecule has 0 aliphatic rings. The van der Waals surface area contributed by atoms with Crippen LogP contribution in [-0.2, 0) is 6.42 Å². The van der Waals surface area contributed by atoms with Crippen LogP contribution in [0, 0.1) is 5.41 Å². The fourth-order valence-electron chi connectivity index (χ4n) is 1.03. The van der Waals surface area contributed by atoms with Gasteiger partial charge in [-0.3, -0.25) is 0 Å². The van der Waals surface area contributed by atoms with Crippen molar-refractivity contribution in [2.24, 2.45) is 5.41 Å². The van der Waals surface area contributed by atoms with Gasteiger partial charge in [-0.25, -0.2) is 0 Å². The Labute approximate surface area is 81.6 Å². The molecule has 12 heavy (non-hydrogen) atoms. The average Bonchev–Trinajstić information content (AvgIpc) is 2.57. The Morgan fingerprint density at radius 1 is 1.75 bits per heavy atom. The highest BCUT2D eigenvalue weighted by atomic mass is 79.9. The predicted octanol–water partition coefficient (Wildman–Crippen LogP) is 3.41. The SMILES string of the molecule is C=CC(C)(CBr)Cc1ccoc1. The van der Waals surface area contributed by atoms with Gasteiger partial charge < -0.3 is 4.42 Å². The van der Waals surface area contributed by atoms with Crippen LogP contribution < -0.4 is 0 Å². The smallest absolute Gasteiger partial charge is 0.0934 e. The summed E-state index contributed by atoms with van der Waals surface area (Å²) in [5.41, 5.74) is 1.35. The van der Waals surface area contributed by atoms with Crippen molar-refractivity contribution in [3.63, 3.8) is 0 Å². The Kier molecular flexibility index (Phi) is 3.15. The van der Waals surface area contributed by atoms with Crippen molar-refractivity contribution in [1.29, 1.82) is 0 Å². The van der Waals surface area contributed by atoms with Gasteiger partial charge in [0.25, 0.3) is 0 Å². The van der Waals surface area contributed by atoms with Crippen LogP contribution in [0.2, 0.25) is 0 Å². The Bertz CT molecular complexity index is 240. The summed E-state index contributed by atoms with van der Waals surface area (Å²) in [7, 11) is 0. The molecule has 0 saturated heterocycles. The van der Waals surface area contributed by atoms with Gasteiger partial charge in [0.2, 0.25) is 0 Å². The highest BCUT2D eigenvalue weighted by molar-refractivity contribution is 9.09. The summed E-state index contributed by atoms with van der Waals surface area (Å²) < 4.78 is 5.00. The lowest BCUT2D eigenvalue weighted by Crippen LogP contribution is -2.17. The minimum absolute atomic E-state index is 0.129. The second kappa shape index (κ2) is 3.94. The van der Waals surface area contributed by atoms with Crippen molar-refractivity contribution in [3.8, 4) is 0 Å². The molecule has 0 fully saturated rings. The van der Waals surface area contributed by atoms with Gasteiger partial charge in [-0.1, -0.05) is 28.9 Å². The number of allylic oxidation sites excluding steroid dienone is 1. The Morgan fingerprint density at radius 3 is 2.92 bits per heavy atom. The molecule has 1 aromatic rings. The maximum absolute atomic E-state index is 5.00. The van der Waals surface area contributed by atoms with E-state index in [4.69, 9.17) is 4.42 Å². The van der Waals surface area contributed by atoms with Gasteiger partial charge in [-0.2, -0.15) is 0 Å². The number of rotatable bonds is 4. The first-order valence-corrected chi connectivity index (χ1v) is 5.03. The second-order valence-corrected chi connectivity index (χ2v) is 3.86. The second-order valence-electron chi connectivity index (χ2n) is 3.30. The monoisotopic (exact) mass is 228 g/mol. The largest absolute Gasteiger partial charge is 0.472 e. The molecule has 0 aromatic carbocycles. The lowest BCUT2D eigenvalue weighted by Gasteiger charge is -2.21. The van der Waals surface area contributed by atoms with E-state index in [1.54, 1.807) is 12.5 Å². The van der Waals surface area contributed by atoms with Crippen LogP contribution in [0.5, 0.6) is 0 Å². The van der Waals surface area contributed by atoms with Crippen LogP contribution in [0.1, 0.15) is 12.5 Å². The van der Waals surface area contributed by atoms with Crippen LogP contribution >= 0.6 is 15.9 Å². The van der Waals surface area contributed by atoms with Gasteiger partial charge in [-0.05, 0) is 23.5 Å². The van der Waals surface area contributed by atoms with E-state index in [1.165, 1.54) is 5.56 Å². The Balaban J connectivity index is 2.66. The van der Waals surface area contributed by atoms with Crippen molar-refractivity contribution in [2.75, 3.05) is 5.33 Å². The van der Waals surface area contributed by atoms with E-state index in [9.17, 15) is 0 Å². The number of hydrogen-bond acceptors (Lipinski definition) is 1. The quantitative estimate of drug-likeness (QED) is 0.569. The number of hydrogen-bond donors (Lipinski definition) is 0. The zero-order valence-electron chi connectivity index (χ0n) is 7.22. The molecule has 0 aliphatic carbocycles. The molecule has 0 spiro atoms. The molecule has 1 rings (SSSR count). The van der Waals surface area contributed by atoms with E-state index in [0.29, 0.717) is 0 Å². The highest BCUT2D eigenvalue weighted by Gasteiger charge is 2.19. The van der Waals surface area contributed by atoms with E-state index in [1.807, 2.05) is 12.1 Å².